The molecule has 4 heteroatoms. The molecule has 0 unspecified atom stereocenters. The van der Waals surface area contributed by atoms with E-state index < -0.39 is 0 Å². The molecule has 0 saturated heterocycles. The van der Waals surface area contributed by atoms with Crippen LogP contribution in [0, 0.1) is 16.7 Å². The van der Waals surface area contributed by atoms with E-state index >= 15 is 0 Å². The van der Waals surface area contributed by atoms with Crippen LogP contribution in [-0.2, 0) is 13.5 Å². The molecule has 0 atom stereocenters. The molecule has 0 N–H and O–H groups in total. The second kappa shape index (κ2) is 3.74. The van der Waals surface area contributed by atoms with Crippen LogP contribution in [0.1, 0.15) is 24.8 Å². The molecule has 2 aromatic rings. The van der Waals surface area contributed by atoms with Gasteiger partial charge in [-0.15, -0.1) is 0 Å². The molecule has 4 nitrogen and oxygen atoms in total. The maximum Gasteiger partial charge on any atom is 0.419 e. The number of rotatable bonds is 2. The summed E-state index contributed by atoms with van der Waals surface area (Å²) < 4.78 is 6.65. The van der Waals surface area contributed by atoms with Gasteiger partial charge in [-0.2, -0.15) is 5.26 Å². The molecule has 1 saturated carbocycles. The second-order valence-electron chi connectivity index (χ2n) is 5.15. The van der Waals surface area contributed by atoms with E-state index in [1.807, 2.05) is 18.2 Å². The zero-order valence-corrected chi connectivity index (χ0v) is 10.3. The number of nitrogens with zero attached hydrogens (tertiary/aromatic N) is 2. The minimum Gasteiger partial charge on any atom is -0.408 e. The van der Waals surface area contributed by atoms with Crippen molar-refractivity contribution >= 4 is 11.1 Å². The lowest BCUT2D eigenvalue weighted by atomic mass is 9.66. The van der Waals surface area contributed by atoms with Crippen LogP contribution >= 0.6 is 0 Å². The molecule has 0 bridgehead atoms. The third-order valence-electron chi connectivity index (χ3n) is 3.95. The predicted octanol–water partition coefficient (Wildman–Crippen LogP) is 2.37. The molecular formula is C14H14N2O2. The van der Waals surface area contributed by atoms with Crippen LogP contribution in [0.15, 0.2) is 27.4 Å². The fourth-order valence-corrected chi connectivity index (χ4v) is 2.61. The summed E-state index contributed by atoms with van der Waals surface area (Å²) in [5.41, 5.74) is 2.27. The highest BCUT2D eigenvalue weighted by molar-refractivity contribution is 5.73. The van der Waals surface area contributed by atoms with Gasteiger partial charge in [-0.25, -0.2) is 4.79 Å². The molecule has 3 rings (SSSR count). The van der Waals surface area contributed by atoms with Gasteiger partial charge in [-0.3, -0.25) is 4.57 Å². The van der Waals surface area contributed by atoms with Gasteiger partial charge in [-0.05, 0) is 37.0 Å². The van der Waals surface area contributed by atoms with Gasteiger partial charge in [0.2, 0.25) is 0 Å². The van der Waals surface area contributed by atoms with Gasteiger partial charge in [-0.1, -0.05) is 12.5 Å². The van der Waals surface area contributed by atoms with Crippen LogP contribution in [-0.4, -0.2) is 4.57 Å². The summed E-state index contributed by atoms with van der Waals surface area (Å²) in [6, 6.07) is 8.18. The molecule has 1 aliphatic carbocycles. The average molecular weight is 242 g/mol. The van der Waals surface area contributed by atoms with E-state index in [9.17, 15) is 10.1 Å². The highest BCUT2D eigenvalue weighted by Gasteiger charge is 2.37. The topological polar surface area (TPSA) is 58.9 Å². The van der Waals surface area contributed by atoms with Gasteiger partial charge in [0.05, 0.1) is 17.0 Å². The predicted molar refractivity (Wildman–Crippen MR) is 67.1 cm³/mol. The van der Waals surface area contributed by atoms with Crippen molar-refractivity contribution in [2.24, 2.45) is 12.5 Å². The molecule has 0 spiro atoms. The van der Waals surface area contributed by atoms with Crippen LogP contribution in [0.4, 0.5) is 0 Å². The van der Waals surface area contributed by atoms with Gasteiger partial charge >= 0.3 is 5.76 Å². The minimum atomic E-state index is -0.346. The Morgan fingerprint density at radius 3 is 2.89 bits per heavy atom. The van der Waals surface area contributed by atoms with Crippen molar-refractivity contribution in [3.8, 4) is 6.07 Å². The summed E-state index contributed by atoms with van der Waals surface area (Å²) in [4.78, 5) is 11.4. The summed E-state index contributed by atoms with van der Waals surface area (Å²) in [6.07, 6.45) is 3.83. The first kappa shape index (κ1) is 11.1. The Morgan fingerprint density at radius 1 is 1.50 bits per heavy atom. The van der Waals surface area contributed by atoms with Crippen LogP contribution in [0.3, 0.4) is 0 Å². The maximum absolute atomic E-state index is 11.4. The number of oxazole rings is 1. The van der Waals surface area contributed by atoms with Gasteiger partial charge in [0.1, 0.15) is 0 Å². The average Bonchev–Trinajstić information content (AvgIpc) is 2.60. The van der Waals surface area contributed by atoms with E-state index in [2.05, 4.69) is 6.07 Å². The van der Waals surface area contributed by atoms with Gasteiger partial charge < -0.3 is 4.42 Å². The van der Waals surface area contributed by atoms with Crippen molar-refractivity contribution in [2.45, 2.75) is 25.7 Å². The largest absolute Gasteiger partial charge is 0.419 e. The quantitative estimate of drug-likeness (QED) is 0.812. The summed E-state index contributed by atoms with van der Waals surface area (Å²) in [6.45, 7) is 0. The van der Waals surface area contributed by atoms with Crippen LogP contribution < -0.4 is 5.76 Å². The Balaban J connectivity index is 1.99. The number of hydrogen-bond acceptors (Lipinski definition) is 3. The van der Waals surface area contributed by atoms with Crippen LogP contribution in [0.25, 0.3) is 11.1 Å². The normalized spacial score (nSPS) is 17.3. The molecule has 18 heavy (non-hydrogen) atoms. The van der Waals surface area contributed by atoms with E-state index in [0.29, 0.717) is 5.58 Å². The number of nitriles is 1. The van der Waals surface area contributed by atoms with E-state index in [4.69, 9.17) is 4.42 Å². The Morgan fingerprint density at radius 2 is 2.28 bits per heavy atom. The molecule has 0 amide bonds. The lowest BCUT2D eigenvalue weighted by Crippen LogP contribution is -2.29. The van der Waals surface area contributed by atoms with Gasteiger partial charge in [0.25, 0.3) is 0 Å². The van der Waals surface area contributed by atoms with Crippen molar-refractivity contribution in [2.75, 3.05) is 0 Å². The monoisotopic (exact) mass is 242 g/mol. The van der Waals surface area contributed by atoms with Crippen molar-refractivity contribution in [1.82, 2.24) is 4.57 Å². The van der Waals surface area contributed by atoms with Crippen LogP contribution in [0.2, 0.25) is 0 Å². The third-order valence-corrected chi connectivity index (χ3v) is 3.95. The van der Waals surface area contributed by atoms with Gasteiger partial charge in [0, 0.05) is 7.05 Å². The molecule has 1 fully saturated rings. The lowest BCUT2D eigenvalue weighted by molar-refractivity contribution is 0.214. The molecule has 0 aliphatic heterocycles. The smallest absolute Gasteiger partial charge is 0.408 e. The molecular weight excluding hydrogens is 228 g/mol. The zero-order chi connectivity index (χ0) is 12.8. The molecule has 92 valence electrons. The standard InChI is InChI=1S/C14H14N2O2/c1-16-11-4-3-10(7-12(11)18-13(16)17)8-14(9-15)5-2-6-14/h3-4,7H,2,5-6,8H2,1H3. The molecule has 0 radical (unpaired) electrons. The number of aromatic nitrogens is 1. The highest BCUT2D eigenvalue weighted by atomic mass is 16.4. The maximum atomic E-state index is 11.4. The van der Waals surface area contributed by atoms with Crippen LogP contribution in [0.5, 0.6) is 0 Å². The number of aryl methyl sites for hydroxylation is 1. The van der Waals surface area contributed by atoms with Crippen molar-refractivity contribution in [3.63, 3.8) is 0 Å². The fraction of sp³-hybridized carbons (Fsp3) is 0.429. The number of benzene rings is 1. The molecule has 1 aliphatic rings. The number of hydrogen-bond donors (Lipinski definition) is 0. The number of fused-ring (bicyclic) bond motifs is 1. The highest BCUT2D eigenvalue weighted by Crippen LogP contribution is 2.43. The fourth-order valence-electron chi connectivity index (χ4n) is 2.61. The first-order chi connectivity index (χ1) is 8.63. The summed E-state index contributed by atoms with van der Waals surface area (Å²) in [5.74, 6) is -0.346. The summed E-state index contributed by atoms with van der Waals surface area (Å²) in [7, 11) is 1.69. The Bertz CT molecular complexity index is 699. The molecule has 1 heterocycles. The Labute approximate surface area is 104 Å². The minimum absolute atomic E-state index is 0.192. The van der Waals surface area contributed by atoms with E-state index in [1.165, 1.54) is 4.57 Å². The van der Waals surface area contributed by atoms with Crippen molar-refractivity contribution in [1.29, 1.82) is 5.26 Å². The van der Waals surface area contributed by atoms with Crippen molar-refractivity contribution < 1.29 is 4.42 Å². The summed E-state index contributed by atoms with van der Waals surface area (Å²) >= 11 is 0. The SMILES string of the molecule is Cn1c(=O)oc2cc(CC3(C#N)CCC3)ccc21. The van der Waals surface area contributed by atoms with Gasteiger partial charge in [0.15, 0.2) is 5.58 Å². The lowest BCUT2D eigenvalue weighted by Gasteiger charge is -2.35. The second-order valence-corrected chi connectivity index (χ2v) is 5.15. The molecule has 1 aromatic heterocycles. The Kier molecular flexibility index (Phi) is 2.30. The first-order valence-corrected chi connectivity index (χ1v) is 6.13. The van der Waals surface area contributed by atoms with Crippen molar-refractivity contribution in [3.05, 3.63) is 34.3 Å². The van der Waals surface area contributed by atoms with E-state index in [-0.39, 0.29) is 11.2 Å². The van der Waals surface area contributed by atoms with E-state index in [1.54, 1.807) is 7.05 Å². The molecule has 1 aromatic carbocycles. The zero-order valence-electron chi connectivity index (χ0n) is 10.3. The Hall–Kier alpha value is -2.02. The van der Waals surface area contributed by atoms with E-state index in [0.717, 1.165) is 36.8 Å². The first-order valence-electron chi connectivity index (χ1n) is 6.13. The third kappa shape index (κ3) is 1.55. The summed E-state index contributed by atoms with van der Waals surface area (Å²) in [5, 5.41) is 9.23.